The largest absolute Gasteiger partial charge is 0.495 e. The summed E-state index contributed by atoms with van der Waals surface area (Å²) in [7, 11) is 1.59. The number of aliphatic hydroxyl groups excluding tert-OH is 1. The smallest absolute Gasteiger partial charge is 0.159 e. The number of aromatic nitrogens is 2. The van der Waals surface area contributed by atoms with Gasteiger partial charge in [0.15, 0.2) is 11.6 Å². The molecule has 2 fully saturated rings. The fourth-order valence-corrected chi connectivity index (χ4v) is 5.40. The van der Waals surface area contributed by atoms with Gasteiger partial charge in [-0.05, 0) is 67.0 Å². The molecular weight excluding hydrogens is 473 g/mol. The van der Waals surface area contributed by atoms with E-state index in [2.05, 4.69) is 26.5 Å². The molecule has 0 unspecified atom stereocenters. The van der Waals surface area contributed by atoms with Crippen molar-refractivity contribution >= 4 is 46.4 Å². The summed E-state index contributed by atoms with van der Waals surface area (Å²) < 4.78 is 5.22. The molecule has 1 aliphatic heterocycles. The number of hydrogen-bond donors (Lipinski definition) is 2. The number of ether oxygens (including phenoxy) is 1. The number of piperidine rings is 1. The molecule has 7 nitrogen and oxygen atoms in total. The van der Waals surface area contributed by atoms with Gasteiger partial charge >= 0.3 is 0 Å². The average Bonchev–Trinajstić information content (AvgIpc) is 2.82. The van der Waals surface area contributed by atoms with Gasteiger partial charge in [0.1, 0.15) is 5.75 Å². The van der Waals surface area contributed by atoms with Crippen LogP contribution >= 0.6 is 24.0 Å². The molecular formula is C25H27Cl2N5O2. The highest BCUT2D eigenvalue weighted by Crippen LogP contribution is 2.49. The number of anilines is 2. The predicted molar refractivity (Wildman–Crippen MR) is 136 cm³/mol. The minimum Gasteiger partial charge on any atom is -0.495 e. The first kappa shape index (κ1) is 24.3. The Morgan fingerprint density at radius 2 is 1.94 bits per heavy atom. The summed E-state index contributed by atoms with van der Waals surface area (Å²) in [5, 5.41) is 34.0. The number of hydrogen-bond acceptors (Lipinski definition) is 7. The fourth-order valence-electron chi connectivity index (χ4n) is 5.12. The number of nitriles is 1. The lowest BCUT2D eigenvalue weighted by molar-refractivity contribution is -0.0464. The number of benzene rings is 2. The maximum atomic E-state index is 9.76. The van der Waals surface area contributed by atoms with Crippen LogP contribution in [-0.2, 0) is 6.54 Å². The van der Waals surface area contributed by atoms with Crippen LogP contribution in [0.4, 0.5) is 11.6 Å². The number of rotatable bonds is 5. The van der Waals surface area contributed by atoms with Crippen molar-refractivity contribution in [2.24, 2.45) is 5.41 Å². The van der Waals surface area contributed by atoms with Gasteiger partial charge in [0.05, 0.1) is 29.9 Å². The highest BCUT2D eigenvalue weighted by Gasteiger charge is 2.45. The molecule has 0 radical (unpaired) electrons. The van der Waals surface area contributed by atoms with E-state index in [9.17, 15) is 10.4 Å². The quantitative estimate of drug-likeness (QED) is 0.513. The maximum absolute atomic E-state index is 9.76. The molecule has 2 N–H and O–H groups in total. The highest BCUT2D eigenvalue weighted by atomic mass is 35.5. The van der Waals surface area contributed by atoms with Crippen molar-refractivity contribution in [3.05, 3.63) is 52.5 Å². The van der Waals surface area contributed by atoms with Crippen molar-refractivity contribution in [3.63, 3.8) is 0 Å². The van der Waals surface area contributed by atoms with Crippen molar-refractivity contribution in [1.82, 2.24) is 10.2 Å². The molecule has 9 heteroatoms. The topological polar surface area (TPSA) is 94.3 Å². The number of nitrogens with one attached hydrogen (secondary N) is 1. The third kappa shape index (κ3) is 4.58. The Hall–Kier alpha value is -2.79. The predicted octanol–water partition coefficient (Wildman–Crippen LogP) is 4.94. The average molecular weight is 500 g/mol. The molecule has 178 valence electrons. The van der Waals surface area contributed by atoms with Crippen LogP contribution in [0.15, 0.2) is 36.4 Å². The second kappa shape index (κ2) is 9.83. The van der Waals surface area contributed by atoms with Crippen LogP contribution < -0.4 is 15.0 Å². The Labute approximate surface area is 210 Å². The third-order valence-electron chi connectivity index (χ3n) is 7.03. The SMILES string of the molecule is COc1ccc(CNc2nnc(N3CCC4(CC3)CC(O)C4)c3ccc(C#N)cc23)cc1Cl.Cl. The van der Waals surface area contributed by atoms with Crippen LogP contribution in [0.1, 0.15) is 36.8 Å². The Bertz CT molecular complexity index is 1230. The summed E-state index contributed by atoms with van der Waals surface area (Å²) in [5.74, 6) is 2.11. The van der Waals surface area contributed by atoms with Gasteiger partial charge in [-0.1, -0.05) is 17.7 Å². The van der Waals surface area contributed by atoms with E-state index < -0.39 is 0 Å². The monoisotopic (exact) mass is 499 g/mol. The zero-order valence-electron chi connectivity index (χ0n) is 18.9. The van der Waals surface area contributed by atoms with E-state index in [0.717, 1.165) is 60.9 Å². The Balaban J connectivity index is 0.00000274. The lowest BCUT2D eigenvalue weighted by Crippen LogP contribution is -2.49. The number of fused-ring (bicyclic) bond motifs is 1. The molecule has 1 aromatic heterocycles. The molecule has 0 atom stereocenters. The molecule has 1 aliphatic carbocycles. The van der Waals surface area contributed by atoms with Crippen LogP contribution in [0.2, 0.25) is 5.02 Å². The van der Waals surface area contributed by atoms with Gasteiger partial charge in [-0.3, -0.25) is 0 Å². The van der Waals surface area contributed by atoms with Gasteiger partial charge < -0.3 is 20.1 Å². The Morgan fingerprint density at radius 1 is 1.18 bits per heavy atom. The minimum absolute atomic E-state index is 0. The molecule has 2 aliphatic rings. The van der Waals surface area contributed by atoms with Crippen molar-refractivity contribution < 1.29 is 9.84 Å². The van der Waals surface area contributed by atoms with Crippen molar-refractivity contribution in [2.75, 3.05) is 30.4 Å². The van der Waals surface area contributed by atoms with E-state index in [0.29, 0.717) is 34.1 Å². The van der Waals surface area contributed by atoms with Crippen LogP contribution in [-0.4, -0.2) is 41.6 Å². The summed E-state index contributed by atoms with van der Waals surface area (Å²) in [6.45, 7) is 2.30. The van der Waals surface area contributed by atoms with E-state index in [4.69, 9.17) is 16.3 Å². The number of aliphatic hydroxyl groups is 1. The molecule has 0 bridgehead atoms. The Kier molecular flexibility index (Phi) is 7.04. The minimum atomic E-state index is -0.132. The van der Waals surface area contributed by atoms with Crippen LogP contribution in [0.3, 0.4) is 0 Å². The van der Waals surface area contributed by atoms with Gasteiger partial charge in [0.25, 0.3) is 0 Å². The van der Waals surface area contributed by atoms with Crippen molar-refractivity contribution in [3.8, 4) is 11.8 Å². The van der Waals surface area contributed by atoms with E-state index in [1.165, 1.54) is 0 Å². The molecule has 2 heterocycles. The standard InChI is InChI=1S/C25H26ClN5O2.ClH/c1-33-22-5-3-17(11-21(22)26)15-28-23-20-10-16(14-27)2-4-19(20)24(30-29-23)31-8-6-25(7-9-31)12-18(32)13-25;/h2-5,10-11,18,32H,6-9,12-13,15H2,1H3,(H,28,29);1H. The molecule has 34 heavy (non-hydrogen) atoms. The summed E-state index contributed by atoms with van der Waals surface area (Å²) in [5.41, 5.74) is 1.87. The van der Waals surface area contributed by atoms with Crippen molar-refractivity contribution in [1.29, 1.82) is 5.26 Å². The van der Waals surface area contributed by atoms with Crippen LogP contribution in [0.25, 0.3) is 10.8 Å². The second-order valence-corrected chi connectivity index (χ2v) is 9.52. The van der Waals surface area contributed by atoms with Gasteiger partial charge in [-0.15, -0.1) is 22.6 Å². The van der Waals surface area contributed by atoms with Crippen LogP contribution in [0.5, 0.6) is 5.75 Å². The number of methoxy groups -OCH3 is 1. The first-order chi connectivity index (χ1) is 16.0. The highest BCUT2D eigenvalue weighted by molar-refractivity contribution is 6.32. The number of halogens is 2. The zero-order chi connectivity index (χ0) is 23.0. The molecule has 1 saturated carbocycles. The van der Waals surface area contributed by atoms with Crippen molar-refractivity contribution in [2.45, 2.75) is 38.3 Å². The van der Waals surface area contributed by atoms with Gasteiger partial charge in [0, 0.05) is 30.4 Å². The fraction of sp³-hybridized carbons (Fsp3) is 0.400. The molecule has 0 amide bonds. The number of nitrogens with zero attached hydrogens (tertiary/aromatic N) is 4. The van der Waals surface area contributed by atoms with E-state index >= 15 is 0 Å². The summed E-state index contributed by atoms with van der Waals surface area (Å²) in [4.78, 5) is 2.28. The maximum Gasteiger partial charge on any atom is 0.159 e. The van der Waals surface area contributed by atoms with E-state index in [1.54, 1.807) is 7.11 Å². The normalized spacial score (nSPS) is 17.1. The summed E-state index contributed by atoms with van der Waals surface area (Å²) >= 11 is 6.26. The zero-order valence-corrected chi connectivity index (χ0v) is 20.5. The van der Waals surface area contributed by atoms with Gasteiger partial charge in [-0.25, -0.2) is 0 Å². The molecule has 5 rings (SSSR count). The second-order valence-electron chi connectivity index (χ2n) is 9.12. The van der Waals surface area contributed by atoms with E-state index in [1.807, 2.05) is 36.4 Å². The first-order valence-corrected chi connectivity index (χ1v) is 11.6. The lowest BCUT2D eigenvalue weighted by atomic mass is 9.61. The molecule has 2 aromatic carbocycles. The van der Waals surface area contributed by atoms with E-state index in [-0.39, 0.29) is 18.5 Å². The summed E-state index contributed by atoms with van der Waals surface area (Å²) in [6.07, 6.45) is 3.81. The Morgan fingerprint density at radius 3 is 2.59 bits per heavy atom. The van der Waals surface area contributed by atoms with Crippen LogP contribution in [0, 0.1) is 16.7 Å². The molecule has 3 aromatic rings. The first-order valence-electron chi connectivity index (χ1n) is 11.2. The molecule has 1 spiro atoms. The van der Waals surface area contributed by atoms with Gasteiger partial charge in [0.2, 0.25) is 0 Å². The third-order valence-corrected chi connectivity index (χ3v) is 7.32. The lowest BCUT2D eigenvalue weighted by Gasteiger charge is -2.50. The summed E-state index contributed by atoms with van der Waals surface area (Å²) in [6, 6.07) is 13.5. The molecule has 1 saturated heterocycles. The van der Waals surface area contributed by atoms with Gasteiger partial charge in [-0.2, -0.15) is 5.26 Å².